The highest BCUT2D eigenvalue weighted by molar-refractivity contribution is 6.30. The van der Waals surface area contributed by atoms with E-state index >= 15 is 0 Å². The van der Waals surface area contributed by atoms with Crippen molar-refractivity contribution < 1.29 is 14.3 Å². The second kappa shape index (κ2) is 7.24. The quantitative estimate of drug-likeness (QED) is 0.807. The van der Waals surface area contributed by atoms with E-state index in [-0.39, 0.29) is 12.0 Å². The van der Waals surface area contributed by atoms with Crippen LogP contribution in [0, 0.1) is 0 Å². The van der Waals surface area contributed by atoms with Crippen LogP contribution in [0.1, 0.15) is 19.4 Å². The molecule has 0 saturated heterocycles. The third-order valence-electron chi connectivity index (χ3n) is 2.48. The van der Waals surface area contributed by atoms with Gasteiger partial charge in [0.1, 0.15) is 11.8 Å². The molecule has 0 radical (unpaired) electrons. The van der Waals surface area contributed by atoms with Crippen LogP contribution in [0.3, 0.4) is 0 Å². The molecule has 4 nitrogen and oxygen atoms in total. The van der Waals surface area contributed by atoms with Gasteiger partial charge in [0.25, 0.3) is 0 Å². The summed E-state index contributed by atoms with van der Waals surface area (Å²) >= 11 is 5.93. The molecular weight excluding hydrogens is 254 g/mol. The van der Waals surface area contributed by atoms with Crippen LogP contribution in [-0.4, -0.2) is 25.7 Å². The predicted octanol–water partition coefficient (Wildman–Crippen LogP) is 2.39. The van der Waals surface area contributed by atoms with Gasteiger partial charge in [0.15, 0.2) is 0 Å². The van der Waals surface area contributed by atoms with E-state index in [4.69, 9.17) is 21.1 Å². The van der Waals surface area contributed by atoms with Crippen molar-refractivity contribution >= 4 is 17.6 Å². The van der Waals surface area contributed by atoms with Gasteiger partial charge < -0.3 is 14.8 Å². The molecule has 1 atom stereocenters. The van der Waals surface area contributed by atoms with Gasteiger partial charge in [-0.15, -0.1) is 0 Å². The van der Waals surface area contributed by atoms with E-state index < -0.39 is 0 Å². The Kier molecular flexibility index (Phi) is 5.95. The molecule has 1 N–H and O–H groups in total. The minimum atomic E-state index is -0.367. The van der Waals surface area contributed by atoms with E-state index in [9.17, 15) is 4.79 Å². The first-order valence-electron chi connectivity index (χ1n) is 5.81. The number of halogens is 1. The van der Waals surface area contributed by atoms with E-state index in [0.717, 1.165) is 11.3 Å². The van der Waals surface area contributed by atoms with Crippen LogP contribution < -0.4 is 10.1 Å². The van der Waals surface area contributed by atoms with Crippen molar-refractivity contribution in [1.29, 1.82) is 0 Å². The summed E-state index contributed by atoms with van der Waals surface area (Å²) in [5.74, 6) is 0.474. The fourth-order valence-corrected chi connectivity index (χ4v) is 1.69. The van der Waals surface area contributed by atoms with E-state index in [1.54, 1.807) is 33.1 Å². The molecule has 100 valence electrons. The highest BCUT2D eigenvalue weighted by atomic mass is 35.5. The number of methoxy groups -OCH3 is 1. The predicted molar refractivity (Wildman–Crippen MR) is 70.9 cm³/mol. The molecule has 0 amide bonds. The highest BCUT2D eigenvalue weighted by Crippen LogP contribution is 2.22. The molecule has 0 saturated carbocycles. The maximum atomic E-state index is 11.4. The second-order valence-electron chi connectivity index (χ2n) is 3.81. The maximum Gasteiger partial charge on any atom is 0.322 e. The SMILES string of the molecule is CCOC(=O)C(C)NCc1cc(Cl)ccc1OC. The second-order valence-corrected chi connectivity index (χ2v) is 4.25. The topological polar surface area (TPSA) is 47.6 Å². The number of esters is 1. The first-order chi connectivity index (χ1) is 8.58. The lowest BCUT2D eigenvalue weighted by molar-refractivity contribution is -0.145. The standard InChI is InChI=1S/C13H18ClNO3/c1-4-18-13(16)9(2)15-8-10-7-11(14)5-6-12(10)17-3/h5-7,9,15H,4,8H2,1-3H3. The van der Waals surface area contributed by atoms with Gasteiger partial charge in [0, 0.05) is 17.1 Å². The van der Waals surface area contributed by atoms with E-state index in [0.29, 0.717) is 18.2 Å². The van der Waals surface area contributed by atoms with E-state index in [1.165, 1.54) is 0 Å². The summed E-state index contributed by atoms with van der Waals surface area (Å²) in [6.45, 7) is 4.41. The number of hydrogen-bond acceptors (Lipinski definition) is 4. The van der Waals surface area contributed by atoms with Gasteiger partial charge in [-0.25, -0.2) is 0 Å². The highest BCUT2D eigenvalue weighted by Gasteiger charge is 2.14. The maximum absolute atomic E-state index is 11.4. The van der Waals surface area contributed by atoms with Gasteiger partial charge in [-0.05, 0) is 32.0 Å². The van der Waals surface area contributed by atoms with Gasteiger partial charge >= 0.3 is 5.97 Å². The van der Waals surface area contributed by atoms with Crippen molar-refractivity contribution in [3.8, 4) is 5.75 Å². The Labute approximate surface area is 112 Å². The summed E-state index contributed by atoms with van der Waals surface area (Å²) in [6.07, 6.45) is 0. The van der Waals surface area contributed by atoms with Gasteiger partial charge in [-0.1, -0.05) is 11.6 Å². The molecule has 1 aromatic rings. The Bertz CT molecular complexity index is 409. The molecule has 0 aromatic heterocycles. The Balaban J connectivity index is 2.62. The van der Waals surface area contributed by atoms with E-state index in [2.05, 4.69) is 5.32 Å². The van der Waals surface area contributed by atoms with Crippen LogP contribution in [0.2, 0.25) is 5.02 Å². The van der Waals surface area contributed by atoms with Crippen LogP contribution in [0.4, 0.5) is 0 Å². The summed E-state index contributed by atoms with van der Waals surface area (Å²) in [6, 6.07) is 5.01. The summed E-state index contributed by atoms with van der Waals surface area (Å²) in [4.78, 5) is 11.4. The monoisotopic (exact) mass is 271 g/mol. The largest absolute Gasteiger partial charge is 0.496 e. The summed E-state index contributed by atoms with van der Waals surface area (Å²) < 4.78 is 10.1. The number of hydrogen-bond donors (Lipinski definition) is 1. The summed E-state index contributed by atoms with van der Waals surface area (Å²) in [5.41, 5.74) is 0.904. The molecule has 1 aromatic carbocycles. The smallest absolute Gasteiger partial charge is 0.322 e. The van der Waals surface area contributed by atoms with Crippen LogP contribution in [-0.2, 0) is 16.1 Å². The molecule has 18 heavy (non-hydrogen) atoms. The minimum absolute atomic E-state index is 0.265. The average molecular weight is 272 g/mol. The van der Waals surface area contributed by atoms with Crippen LogP contribution in [0.25, 0.3) is 0 Å². The molecule has 0 bridgehead atoms. The number of carbonyl (C=O) groups excluding carboxylic acids is 1. The third kappa shape index (κ3) is 4.20. The number of nitrogens with one attached hydrogen (secondary N) is 1. The van der Waals surface area contributed by atoms with Crippen molar-refractivity contribution in [2.75, 3.05) is 13.7 Å². The van der Waals surface area contributed by atoms with Crippen LogP contribution in [0.5, 0.6) is 5.75 Å². The fraction of sp³-hybridized carbons (Fsp3) is 0.462. The molecule has 1 rings (SSSR count). The first-order valence-corrected chi connectivity index (χ1v) is 6.18. The molecular formula is C13H18ClNO3. The van der Waals surface area contributed by atoms with Gasteiger partial charge in [-0.3, -0.25) is 4.79 Å². The summed E-state index contributed by atoms with van der Waals surface area (Å²) in [7, 11) is 1.60. The van der Waals surface area contributed by atoms with Gasteiger partial charge in [0.2, 0.25) is 0 Å². The van der Waals surface area contributed by atoms with Crippen molar-refractivity contribution in [2.45, 2.75) is 26.4 Å². The Hall–Kier alpha value is -1.26. The van der Waals surface area contributed by atoms with Crippen molar-refractivity contribution in [2.24, 2.45) is 0 Å². The third-order valence-corrected chi connectivity index (χ3v) is 2.72. The zero-order valence-corrected chi connectivity index (χ0v) is 11.6. The normalized spacial score (nSPS) is 12.0. The Morgan fingerprint density at radius 3 is 2.83 bits per heavy atom. The molecule has 0 heterocycles. The minimum Gasteiger partial charge on any atom is -0.496 e. The van der Waals surface area contributed by atoms with Crippen LogP contribution in [0.15, 0.2) is 18.2 Å². The number of benzene rings is 1. The van der Waals surface area contributed by atoms with Gasteiger partial charge in [0.05, 0.1) is 13.7 Å². The lowest BCUT2D eigenvalue weighted by Gasteiger charge is -2.14. The molecule has 0 aliphatic carbocycles. The molecule has 1 unspecified atom stereocenters. The van der Waals surface area contributed by atoms with Crippen molar-refractivity contribution in [3.05, 3.63) is 28.8 Å². The number of carbonyl (C=O) groups is 1. The van der Waals surface area contributed by atoms with Gasteiger partial charge in [-0.2, -0.15) is 0 Å². The first kappa shape index (κ1) is 14.8. The van der Waals surface area contributed by atoms with E-state index in [1.807, 2.05) is 6.07 Å². The molecule has 0 aliphatic heterocycles. The lowest BCUT2D eigenvalue weighted by Crippen LogP contribution is -2.34. The average Bonchev–Trinajstić information content (AvgIpc) is 2.36. The van der Waals surface area contributed by atoms with Crippen LogP contribution >= 0.6 is 11.6 Å². The Morgan fingerprint density at radius 2 is 2.22 bits per heavy atom. The molecule has 0 spiro atoms. The molecule has 0 fully saturated rings. The number of ether oxygens (including phenoxy) is 2. The molecule has 0 aliphatic rings. The fourth-order valence-electron chi connectivity index (χ4n) is 1.50. The zero-order valence-electron chi connectivity index (χ0n) is 10.8. The molecule has 5 heteroatoms. The van der Waals surface area contributed by atoms with Crippen molar-refractivity contribution in [3.63, 3.8) is 0 Å². The Morgan fingerprint density at radius 1 is 1.50 bits per heavy atom. The lowest BCUT2D eigenvalue weighted by atomic mass is 10.2. The zero-order chi connectivity index (χ0) is 13.5. The summed E-state index contributed by atoms with van der Waals surface area (Å²) in [5, 5.41) is 3.71. The van der Waals surface area contributed by atoms with Crippen molar-refractivity contribution in [1.82, 2.24) is 5.32 Å². The number of rotatable bonds is 6.